The van der Waals surface area contributed by atoms with Crippen LogP contribution in [-0.2, 0) is 4.79 Å². The molecule has 0 bridgehead atoms. The number of benzene rings is 1. The van der Waals surface area contributed by atoms with Crippen molar-refractivity contribution in [3.63, 3.8) is 0 Å². The van der Waals surface area contributed by atoms with Crippen LogP contribution in [0.5, 0.6) is 0 Å². The van der Waals surface area contributed by atoms with Crippen LogP contribution in [0.1, 0.15) is 30.2 Å². The van der Waals surface area contributed by atoms with E-state index in [9.17, 15) is 14.4 Å². The Morgan fingerprint density at radius 2 is 1.96 bits per heavy atom. The second-order valence-corrected chi connectivity index (χ2v) is 5.73. The lowest BCUT2D eigenvalue weighted by atomic mass is 10.1. The van der Waals surface area contributed by atoms with Crippen LogP contribution < -0.4 is 10.9 Å². The lowest BCUT2D eigenvalue weighted by Gasteiger charge is -2.15. The second kappa shape index (κ2) is 7.14. The van der Waals surface area contributed by atoms with Crippen molar-refractivity contribution in [1.82, 2.24) is 19.6 Å². The summed E-state index contributed by atoms with van der Waals surface area (Å²) >= 11 is 0. The molecule has 0 saturated carbocycles. The first kappa shape index (κ1) is 17.3. The van der Waals surface area contributed by atoms with Gasteiger partial charge in [0.15, 0.2) is 11.6 Å². The number of hydrogen-bond acceptors (Lipinski definition) is 5. The van der Waals surface area contributed by atoms with E-state index in [0.29, 0.717) is 17.1 Å². The highest BCUT2D eigenvalue weighted by molar-refractivity contribution is 5.97. The van der Waals surface area contributed by atoms with Gasteiger partial charge in [-0.15, -0.1) is 5.10 Å². The molecule has 1 atom stereocenters. The monoisotopic (exact) mass is 351 g/mol. The summed E-state index contributed by atoms with van der Waals surface area (Å²) in [4.78, 5) is 36.1. The molecule has 1 aromatic carbocycles. The average molecular weight is 351 g/mol. The van der Waals surface area contributed by atoms with Crippen LogP contribution in [0.2, 0.25) is 0 Å². The third-order valence-corrected chi connectivity index (χ3v) is 3.83. The molecule has 0 aliphatic carbocycles. The Bertz CT molecular complexity index is 1010. The molecular weight excluding hydrogens is 334 g/mol. The molecule has 8 nitrogen and oxygen atoms in total. The molecule has 132 valence electrons. The summed E-state index contributed by atoms with van der Waals surface area (Å²) < 4.78 is 2.60. The van der Waals surface area contributed by atoms with Crippen molar-refractivity contribution < 1.29 is 9.59 Å². The van der Waals surface area contributed by atoms with E-state index in [-0.39, 0.29) is 5.78 Å². The Morgan fingerprint density at radius 3 is 2.65 bits per heavy atom. The fourth-order valence-corrected chi connectivity index (χ4v) is 2.39. The Labute approximate surface area is 149 Å². The van der Waals surface area contributed by atoms with E-state index in [4.69, 9.17) is 0 Å². The number of Topliss-reactive ketones (excluding diaryl/α,β-unsaturated/α-hetero) is 1. The first-order chi connectivity index (χ1) is 12.5. The number of nitrogens with one attached hydrogen (secondary N) is 1. The molecule has 3 rings (SSSR count). The van der Waals surface area contributed by atoms with Crippen molar-refractivity contribution in [2.45, 2.75) is 19.9 Å². The molecular formula is C18H17N5O3. The average Bonchev–Trinajstić information content (AvgIpc) is 3.16. The third-order valence-electron chi connectivity index (χ3n) is 3.83. The topological polar surface area (TPSA) is 98.9 Å². The van der Waals surface area contributed by atoms with Gasteiger partial charge in [0, 0.05) is 29.7 Å². The van der Waals surface area contributed by atoms with E-state index >= 15 is 0 Å². The van der Waals surface area contributed by atoms with E-state index in [0.717, 1.165) is 4.68 Å². The number of amides is 1. The van der Waals surface area contributed by atoms with Crippen molar-refractivity contribution in [2.75, 3.05) is 5.32 Å². The fraction of sp³-hybridized carbons (Fsp3) is 0.167. The molecule has 1 N–H and O–H groups in total. The van der Waals surface area contributed by atoms with Crippen LogP contribution in [-0.4, -0.2) is 31.3 Å². The molecule has 8 heteroatoms. The summed E-state index contributed by atoms with van der Waals surface area (Å²) in [7, 11) is 0. The van der Waals surface area contributed by atoms with Crippen molar-refractivity contribution in [3.8, 4) is 5.82 Å². The number of carbonyl (C=O) groups is 2. The number of rotatable bonds is 5. The molecule has 0 fully saturated rings. The first-order valence-corrected chi connectivity index (χ1v) is 7.97. The zero-order chi connectivity index (χ0) is 18.7. The largest absolute Gasteiger partial charge is 0.324 e. The van der Waals surface area contributed by atoms with Crippen LogP contribution in [0.3, 0.4) is 0 Å². The van der Waals surface area contributed by atoms with Crippen LogP contribution in [0.15, 0.2) is 59.7 Å². The van der Waals surface area contributed by atoms with E-state index in [1.807, 2.05) is 0 Å². The van der Waals surface area contributed by atoms with Crippen molar-refractivity contribution in [2.24, 2.45) is 0 Å². The lowest BCUT2D eigenvalue weighted by Crippen LogP contribution is -2.33. The minimum Gasteiger partial charge on any atom is -0.324 e. The molecule has 0 aliphatic rings. The predicted octanol–water partition coefficient (Wildman–Crippen LogP) is 1.83. The third kappa shape index (κ3) is 3.59. The van der Waals surface area contributed by atoms with Gasteiger partial charge < -0.3 is 5.32 Å². The van der Waals surface area contributed by atoms with Gasteiger partial charge in [-0.1, -0.05) is 12.1 Å². The highest BCUT2D eigenvalue weighted by Gasteiger charge is 2.18. The molecule has 1 amide bonds. The summed E-state index contributed by atoms with van der Waals surface area (Å²) in [5.41, 5.74) is 0.568. The predicted molar refractivity (Wildman–Crippen MR) is 95.4 cm³/mol. The zero-order valence-electron chi connectivity index (χ0n) is 14.3. The lowest BCUT2D eigenvalue weighted by molar-refractivity contribution is -0.119. The van der Waals surface area contributed by atoms with Crippen molar-refractivity contribution >= 4 is 17.4 Å². The normalized spacial score (nSPS) is 11.8. The molecule has 0 saturated heterocycles. The van der Waals surface area contributed by atoms with Gasteiger partial charge in [-0.25, -0.2) is 9.36 Å². The number of anilines is 1. The van der Waals surface area contributed by atoms with E-state index in [1.54, 1.807) is 49.6 Å². The fourth-order valence-electron chi connectivity index (χ4n) is 2.39. The molecule has 2 aromatic heterocycles. The minimum absolute atomic E-state index is 0.0982. The number of nitrogens with zero attached hydrogens (tertiary/aromatic N) is 4. The molecule has 2 heterocycles. The number of ketones is 1. The van der Waals surface area contributed by atoms with Crippen molar-refractivity contribution in [3.05, 3.63) is 70.8 Å². The Morgan fingerprint density at radius 1 is 1.15 bits per heavy atom. The van der Waals surface area contributed by atoms with E-state index in [2.05, 4.69) is 15.5 Å². The van der Waals surface area contributed by atoms with Gasteiger partial charge in [-0.05, 0) is 38.1 Å². The maximum atomic E-state index is 12.5. The highest BCUT2D eigenvalue weighted by Crippen LogP contribution is 2.14. The number of hydrogen-bond donors (Lipinski definition) is 1. The molecule has 0 aliphatic heterocycles. The molecule has 0 spiro atoms. The molecule has 1 unspecified atom stereocenters. The zero-order valence-corrected chi connectivity index (χ0v) is 14.3. The summed E-state index contributed by atoms with van der Waals surface area (Å²) in [5.74, 6) is -0.0929. The number of carbonyl (C=O) groups excluding carboxylic acids is 2. The standard InChI is InChI=1S/C18H17N5O3/c1-12(18(26)20-15-6-3-5-14(11-15)13(2)24)23-17(25)8-7-16(21-23)22-10-4-9-19-22/h3-12H,1-2H3,(H,20,26). The van der Waals surface area contributed by atoms with E-state index < -0.39 is 17.5 Å². The van der Waals surface area contributed by atoms with Crippen LogP contribution in [0, 0.1) is 0 Å². The van der Waals surface area contributed by atoms with Gasteiger partial charge in [0.1, 0.15) is 6.04 Å². The Hall–Kier alpha value is -3.55. The smallest absolute Gasteiger partial charge is 0.267 e. The van der Waals surface area contributed by atoms with E-state index in [1.165, 1.54) is 23.7 Å². The quantitative estimate of drug-likeness (QED) is 0.707. The SMILES string of the molecule is CC(=O)c1cccc(NC(=O)C(C)n2nc(-n3cccn3)ccc2=O)c1. The highest BCUT2D eigenvalue weighted by atomic mass is 16.2. The maximum Gasteiger partial charge on any atom is 0.267 e. The first-order valence-electron chi connectivity index (χ1n) is 7.97. The summed E-state index contributed by atoms with van der Waals surface area (Å²) in [6.45, 7) is 3.03. The summed E-state index contributed by atoms with van der Waals surface area (Å²) in [6.07, 6.45) is 3.28. The summed E-state index contributed by atoms with van der Waals surface area (Å²) in [6, 6.07) is 10.4. The van der Waals surface area contributed by atoms with Gasteiger partial charge in [0.05, 0.1) is 0 Å². The van der Waals surface area contributed by atoms with Gasteiger partial charge in [-0.2, -0.15) is 5.10 Å². The van der Waals surface area contributed by atoms with Gasteiger partial charge in [0.25, 0.3) is 5.56 Å². The van der Waals surface area contributed by atoms with Crippen LogP contribution >= 0.6 is 0 Å². The van der Waals surface area contributed by atoms with Gasteiger partial charge in [0.2, 0.25) is 5.91 Å². The van der Waals surface area contributed by atoms with Crippen molar-refractivity contribution in [1.29, 1.82) is 0 Å². The van der Waals surface area contributed by atoms with Gasteiger partial charge in [-0.3, -0.25) is 14.4 Å². The number of aromatic nitrogens is 4. The summed E-state index contributed by atoms with van der Waals surface area (Å²) in [5, 5.41) is 11.0. The van der Waals surface area contributed by atoms with Crippen LogP contribution in [0.4, 0.5) is 5.69 Å². The molecule has 26 heavy (non-hydrogen) atoms. The van der Waals surface area contributed by atoms with Gasteiger partial charge >= 0.3 is 0 Å². The van der Waals surface area contributed by atoms with Crippen LogP contribution in [0.25, 0.3) is 5.82 Å². The molecule has 0 radical (unpaired) electrons. The Balaban J connectivity index is 1.85. The maximum absolute atomic E-state index is 12.5. The minimum atomic E-state index is -0.848. The second-order valence-electron chi connectivity index (χ2n) is 5.73. The molecule has 3 aromatic rings. The Kier molecular flexibility index (Phi) is 4.74.